The topological polar surface area (TPSA) is 111 Å². The normalized spacial score (nSPS) is 19.7. The average Bonchev–Trinajstić information content (AvgIpc) is 2.62. The fourth-order valence-corrected chi connectivity index (χ4v) is 3.45. The van der Waals surface area contributed by atoms with E-state index >= 15 is 0 Å². The number of rotatable bonds is 4. The van der Waals surface area contributed by atoms with Crippen molar-refractivity contribution in [3.63, 3.8) is 0 Å². The van der Waals surface area contributed by atoms with Gasteiger partial charge in [-0.2, -0.15) is 0 Å². The van der Waals surface area contributed by atoms with Crippen LogP contribution in [0, 0.1) is 11.8 Å². The van der Waals surface area contributed by atoms with Gasteiger partial charge in [-0.25, -0.2) is 9.52 Å². The van der Waals surface area contributed by atoms with Crippen molar-refractivity contribution < 1.29 is 23.7 Å². The maximum absolute atomic E-state index is 10.3. The van der Waals surface area contributed by atoms with E-state index in [4.69, 9.17) is 9.84 Å². The zero-order valence-corrected chi connectivity index (χ0v) is 14.2. The molecule has 0 fully saturated rings. The Labute approximate surface area is 142 Å². The molecule has 0 aliphatic carbocycles. The Kier molecular flexibility index (Phi) is 6.34. The van der Waals surface area contributed by atoms with Crippen molar-refractivity contribution in [1.29, 1.82) is 0 Å². The van der Waals surface area contributed by atoms with Gasteiger partial charge in [0.05, 0.1) is 6.54 Å². The summed E-state index contributed by atoms with van der Waals surface area (Å²) >= 11 is 0. The number of unbranched alkanes of at least 4 members (excludes halogenated alkanes) is 2. The molecule has 5 N–H and O–H groups in total. The van der Waals surface area contributed by atoms with Crippen molar-refractivity contribution in [1.82, 2.24) is 10.0 Å². The first-order valence-electron chi connectivity index (χ1n) is 7.68. The van der Waals surface area contributed by atoms with Crippen molar-refractivity contribution >= 4 is 16.9 Å². The van der Waals surface area contributed by atoms with E-state index in [2.05, 4.69) is 21.9 Å². The minimum Gasteiger partial charge on any atom is -0.487 e. The van der Waals surface area contributed by atoms with Gasteiger partial charge in [0, 0.05) is 18.5 Å². The number of benzene rings is 1. The third-order valence-electron chi connectivity index (χ3n) is 3.39. The van der Waals surface area contributed by atoms with Crippen LogP contribution in [-0.2, 0) is 0 Å². The number of ether oxygens (including phenoxy) is 1. The van der Waals surface area contributed by atoms with E-state index in [1.165, 1.54) is 0 Å². The Balaban J connectivity index is 1.96. The van der Waals surface area contributed by atoms with Crippen molar-refractivity contribution in [2.45, 2.75) is 37.2 Å². The number of carbonyl (C=O) groups is 1. The molecule has 1 heterocycles. The van der Waals surface area contributed by atoms with E-state index < -0.39 is 16.9 Å². The highest BCUT2D eigenvalue weighted by Crippen LogP contribution is 2.50. The van der Waals surface area contributed by atoms with Gasteiger partial charge in [0.25, 0.3) is 0 Å². The van der Waals surface area contributed by atoms with E-state index in [0.29, 0.717) is 30.2 Å². The lowest BCUT2D eigenvalue weighted by Gasteiger charge is -2.31. The summed E-state index contributed by atoms with van der Waals surface area (Å²) in [6.07, 6.45) is 1.00. The van der Waals surface area contributed by atoms with Gasteiger partial charge in [-0.1, -0.05) is 11.8 Å². The molecule has 1 amide bonds. The Morgan fingerprint density at radius 1 is 1.46 bits per heavy atom. The molecule has 24 heavy (non-hydrogen) atoms. The molecule has 1 atom stereocenters. The number of fused-ring (bicyclic) bond motifs is 1. The molecule has 7 nitrogen and oxygen atoms in total. The molecule has 0 saturated carbocycles. The lowest BCUT2D eigenvalue weighted by molar-refractivity contribution is 0.194. The molecule has 1 aliphatic heterocycles. The summed E-state index contributed by atoms with van der Waals surface area (Å²) in [5, 5.41) is 10.8. The first-order chi connectivity index (χ1) is 11.4. The molecule has 0 aromatic heterocycles. The molecule has 1 aromatic rings. The smallest absolute Gasteiger partial charge is 0.404 e. The number of nitrogens with one attached hydrogen (secondary N) is 2. The summed E-state index contributed by atoms with van der Waals surface area (Å²) in [5.41, 5.74) is 0.738. The number of hydrogen-bond donors (Lipinski definition) is 5. The zero-order chi connectivity index (χ0) is 17.6. The number of hydrogen-bond acceptors (Lipinski definition) is 5. The standard InChI is InChI=1S/C16H22N2O5S/c1-12-11-18-24(21,22)15-8-7-13(10-14(15)23-12)6-4-2-3-5-9-17-16(19)20/h7-8,10,12,17-18,21-22H,2-3,5,9,11H2,1H3,(H,19,20). The van der Waals surface area contributed by atoms with E-state index in [0.717, 1.165) is 18.4 Å². The fourth-order valence-electron chi connectivity index (χ4n) is 2.18. The molecule has 0 spiro atoms. The second-order valence-electron chi connectivity index (χ2n) is 5.48. The molecule has 0 saturated heterocycles. The van der Waals surface area contributed by atoms with Gasteiger partial charge in [0.15, 0.2) is 0 Å². The van der Waals surface area contributed by atoms with Crippen molar-refractivity contribution in [3.8, 4) is 17.6 Å². The van der Waals surface area contributed by atoms with Crippen LogP contribution >= 0.6 is 10.8 Å². The highest BCUT2D eigenvalue weighted by atomic mass is 32.3. The third kappa shape index (κ3) is 5.32. The second kappa shape index (κ2) is 8.26. The van der Waals surface area contributed by atoms with E-state index in [-0.39, 0.29) is 6.10 Å². The van der Waals surface area contributed by atoms with Gasteiger partial charge in [-0.05, 0) is 38.0 Å². The molecular weight excluding hydrogens is 332 g/mol. The summed E-state index contributed by atoms with van der Waals surface area (Å²) < 4.78 is 28.7. The van der Waals surface area contributed by atoms with Gasteiger partial charge in [-0.15, -0.1) is 10.8 Å². The lowest BCUT2D eigenvalue weighted by atomic mass is 10.2. The van der Waals surface area contributed by atoms with Crippen LogP contribution < -0.4 is 14.8 Å². The Hall–Kier alpha value is -1.92. The Bertz CT molecular complexity index is 654. The summed E-state index contributed by atoms with van der Waals surface area (Å²) in [5.74, 6) is 6.48. The van der Waals surface area contributed by atoms with Crippen LogP contribution in [-0.4, -0.2) is 39.5 Å². The van der Waals surface area contributed by atoms with Gasteiger partial charge in [0.1, 0.15) is 16.7 Å². The van der Waals surface area contributed by atoms with Gasteiger partial charge in [-0.3, -0.25) is 9.11 Å². The molecule has 0 bridgehead atoms. The third-order valence-corrected chi connectivity index (χ3v) is 4.91. The Morgan fingerprint density at radius 2 is 2.25 bits per heavy atom. The van der Waals surface area contributed by atoms with Crippen LogP contribution in [0.15, 0.2) is 23.1 Å². The average molecular weight is 354 g/mol. The van der Waals surface area contributed by atoms with Crippen molar-refractivity contribution in [2.75, 3.05) is 13.1 Å². The summed E-state index contributed by atoms with van der Waals surface area (Å²) in [6.45, 7) is 2.62. The van der Waals surface area contributed by atoms with Gasteiger partial charge >= 0.3 is 6.09 Å². The molecule has 1 aliphatic rings. The first-order valence-corrected chi connectivity index (χ1v) is 9.22. The van der Waals surface area contributed by atoms with Crippen molar-refractivity contribution in [3.05, 3.63) is 23.8 Å². The fraction of sp³-hybridized carbons (Fsp3) is 0.438. The monoisotopic (exact) mass is 354 g/mol. The minimum absolute atomic E-state index is 0.178. The molecule has 1 aromatic carbocycles. The first kappa shape index (κ1) is 18.4. The SMILES string of the molecule is CC1CNS(O)(O)c2ccc(C#CCCCCNC(=O)O)cc2O1. The van der Waals surface area contributed by atoms with Gasteiger partial charge < -0.3 is 15.2 Å². The molecule has 8 heteroatoms. The highest BCUT2D eigenvalue weighted by molar-refractivity contribution is 8.22. The lowest BCUT2D eigenvalue weighted by Crippen LogP contribution is -2.27. The van der Waals surface area contributed by atoms with Crippen LogP contribution in [0.4, 0.5) is 4.79 Å². The molecule has 1 unspecified atom stereocenters. The predicted octanol–water partition coefficient (Wildman–Crippen LogP) is 2.87. The maximum Gasteiger partial charge on any atom is 0.404 e. The molecular formula is C16H22N2O5S. The van der Waals surface area contributed by atoms with Crippen LogP contribution in [0.3, 0.4) is 0 Å². The van der Waals surface area contributed by atoms with E-state index in [1.54, 1.807) is 18.2 Å². The largest absolute Gasteiger partial charge is 0.487 e. The molecule has 2 rings (SSSR count). The number of amides is 1. The summed E-state index contributed by atoms with van der Waals surface area (Å²) in [7, 11) is -3.05. The number of carboxylic acid groups (broad SMARTS) is 1. The zero-order valence-electron chi connectivity index (χ0n) is 13.4. The van der Waals surface area contributed by atoms with Crippen LogP contribution in [0.5, 0.6) is 5.75 Å². The quantitative estimate of drug-likeness (QED) is 0.420. The van der Waals surface area contributed by atoms with Crippen LogP contribution in [0.2, 0.25) is 0 Å². The van der Waals surface area contributed by atoms with E-state index in [9.17, 15) is 13.9 Å². The van der Waals surface area contributed by atoms with Crippen molar-refractivity contribution in [2.24, 2.45) is 0 Å². The minimum atomic E-state index is -3.05. The van der Waals surface area contributed by atoms with Gasteiger partial charge in [0.2, 0.25) is 0 Å². The predicted molar refractivity (Wildman–Crippen MR) is 92.4 cm³/mol. The highest BCUT2D eigenvalue weighted by Gasteiger charge is 2.26. The summed E-state index contributed by atoms with van der Waals surface area (Å²) in [4.78, 5) is 10.6. The van der Waals surface area contributed by atoms with Crippen LogP contribution in [0.25, 0.3) is 0 Å². The van der Waals surface area contributed by atoms with Crippen LogP contribution in [0.1, 0.15) is 31.7 Å². The second-order valence-corrected chi connectivity index (χ2v) is 7.30. The Morgan fingerprint density at radius 3 is 3.00 bits per heavy atom. The summed E-state index contributed by atoms with van der Waals surface area (Å²) in [6, 6.07) is 5.07. The maximum atomic E-state index is 10.3. The molecule has 132 valence electrons. The van der Waals surface area contributed by atoms with E-state index in [1.807, 2.05) is 6.92 Å². The molecule has 0 radical (unpaired) electrons.